The molecule has 1 aromatic rings. The van der Waals surface area contributed by atoms with Crippen LogP contribution in [0.25, 0.3) is 0 Å². The first-order valence-electron chi connectivity index (χ1n) is 3.76. The largest absolute Gasteiger partial charge is 0.465 e. The van der Waals surface area contributed by atoms with Gasteiger partial charge in [0.25, 0.3) is 12.0 Å². The summed E-state index contributed by atoms with van der Waals surface area (Å²) in [6, 6.07) is 0. The molecule has 0 saturated carbocycles. The zero-order chi connectivity index (χ0) is 11.6. The molecular formula is C8H6BrF2NO3. The molecule has 0 aliphatic carbocycles. The summed E-state index contributed by atoms with van der Waals surface area (Å²) in [7, 11) is 1.05. The standard InChI is InChI=1S/C8H6BrF2NO3/c1-15-8(14)4-3(6(10)11)2-12-7(13)5(4)9/h2,6H,1H3,(H,12,13). The van der Waals surface area contributed by atoms with Crippen molar-refractivity contribution in [3.05, 3.63) is 32.2 Å². The van der Waals surface area contributed by atoms with Gasteiger partial charge in [0.1, 0.15) is 0 Å². The lowest BCUT2D eigenvalue weighted by Crippen LogP contribution is -2.16. The van der Waals surface area contributed by atoms with E-state index in [9.17, 15) is 18.4 Å². The average Bonchev–Trinajstić information content (AvgIpc) is 2.20. The summed E-state index contributed by atoms with van der Waals surface area (Å²) >= 11 is 2.76. The van der Waals surface area contributed by atoms with Gasteiger partial charge < -0.3 is 9.72 Å². The second kappa shape index (κ2) is 4.52. The Morgan fingerprint density at radius 3 is 2.67 bits per heavy atom. The lowest BCUT2D eigenvalue weighted by Gasteiger charge is -2.07. The molecule has 1 heterocycles. The van der Waals surface area contributed by atoms with Crippen LogP contribution >= 0.6 is 15.9 Å². The fourth-order valence-corrected chi connectivity index (χ4v) is 1.51. The number of aromatic amines is 1. The number of H-pyrrole nitrogens is 1. The Morgan fingerprint density at radius 2 is 2.20 bits per heavy atom. The fourth-order valence-electron chi connectivity index (χ4n) is 1.00. The lowest BCUT2D eigenvalue weighted by atomic mass is 10.1. The van der Waals surface area contributed by atoms with Crippen molar-refractivity contribution in [1.29, 1.82) is 0 Å². The molecular weight excluding hydrogens is 276 g/mol. The molecule has 1 aromatic heterocycles. The van der Waals surface area contributed by atoms with Crippen molar-refractivity contribution in [2.75, 3.05) is 7.11 Å². The predicted molar refractivity (Wildman–Crippen MR) is 51.1 cm³/mol. The van der Waals surface area contributed by atoms with Gasteiger partial charge in [-0.2, -0.15) is 0 Å². The van der Waals surface area contributed by atoms with Gasteiger partial charge in [-0.3, -0.25) is 4.79 Å². The van der Waals surface area contributed by atoms with E-state index in [1.807, 2.05) is 0 Å². The number of carbonyl (C=O) groups is 1. The monoisotopic (exact) mass is 281 g/mol. The third kappa shape index (κ3) is 2.23. The number of hydrogen-bond donors (Lipinski definition) is 1. The molecule has 7 heteroatoms. The maximum absolute atomic E-state index is 12.5. The smallest absolute Gasteiger partial charge is 0.339 e. The number of ether oxygens (including phenoxy) is 1. The Balaban J connectivity index is 3.48. The van der Waals surface area contributed by atoms with Crippen LogP contribution < -0.4 is 5.56 Å². The second-order valence-electron chi connectivity index (χ2n) is 2.55. The van der Waals surface area contributed by atoms with E-state index in [1.54, 1.807) is 0 Å². The third-order valence-corrected chi connectivity index (χ3v) is 2.45. The maximum Gasteiger partial charge on any atom is 0.339 e. The van der Waals surface area contributed by atoms with Crippen LogP contribution in [-0.2, 0) is 4.74 Å². The first-order valence-corrected chi connectivity index (χ1v) is 4.56. The molecule has 0 fully saturated rings. The number of nitrogens with one attached hydrogen (secondary N) is 1. The Morgan fingerprint density at radius 1 is 1.60 bits per heavy atom. The molecule has 0 spiro atoms. The quantitative estimate of drug-likeness (QED) is 0.842. The fraction of sp³-hybridized carbons (Fsp3) is 0.250. The van der Waals surface area contributed by atoms with Crippen LogP contribution in [0.5, 0.6) is 0 Å². The molecule has 0 amide bonds. The highest BCUT2D eigenvalue weighted by Gasteiger charge is 2.23. The highest BCUT2D eigenvalue weighted by molar-refractivity contribution is 9.10. The van der Waals surface area contributed by atoms with Crippen molar-refractivity contribution >= 4 is 21.9 Å². The molecule has 0 aromatic carbocycles. The molecule has 0 bridgehead atoms. The zero-order valence-corrected chi connectivity index (χ0v) is 9.10. The molecule has 0 aliphatic heterocycles. The topological polar surface area (TPSA) is 59.2 Å². The Labute approximate surface area is 91.4 Å². The van der Waals surface area contributed by atoms with E-state index in [4.69, 9.17) is 0 Å². The van der Waals surface area contributed by atoms with Crippen LogP contribution in [-0.4, -0.2) is 18.1 Å². The first-order chi connectivity index (χ1) is 6.99. The number of aromatic nitrogens is 1. The van der Waals surface area contributed by atoms with Crippen molar-refractivity contribution < 1.29 is 18.3 Å². The first kappa shape index (κ1) is 11.8. The van der Waals surface area contributed by atoms with Gasteiger partial charge in [-0.05, 0) is 15.9 Å². The van der Waals surface area contributed by atoms with Gasteiger partial charge in [0.2, 0.25) is 0 Å². The van der Waals surface area contributed by atoms with Gasteiger partial charge in [0.05, 0.1) is 17.1 Å². The van der Waals surface area contributed by atoms with Crippen molar-refractivity contribution in [1.82, 2.24) is 4.98 Å². The van der Waals surface area contributed by atoms with Gasteiger partial charge in [-0.25, -0.2) is 13.6 Å². The average molecular weight is 282 g/mol. The van der Waals surface area contributed by atoms with Crippen LogP contribution in [0.2, 0.25) is 0 Å². The Hall–Kier alpha value is -1.24. The van der Waals surface area contributed by atoms with E-state index in [2.05, 4.69) is 25.7 Å². The molecule has 82 valence electrons. The molecule has 15 heavy (non-hydrogen) atoms. The Kier molecular flexibility index (Phi) is 3.57. The summed E-state index contributed by atoms with van der Waals surface area (Å²) in [5.41, 5.74) is -1.69. The van der Waals surface area contributed by atoms with Crippen molar-refractivity contribution in [3.63, 3.8) is 0 Å². The van der Waals surface area contributed by atoms with Crippen LogP contribution in [0.3, 0.4) is 0 Å². The van der Waals surface area contributed by atoms with Gasteiger partial charge in [0, 0.05) is 11.8 Å². The maximum atomic E-state index is 12.5. The summed E-state index contributed by atoms with van der Waals surface area (Å²) in [4.78, 5) is 24.3. The van der Waals surface area contributed by atoms with E-state index in [-0.39, 0.29) is 4.47 Å². The van der Waals surface area contributed by atoms with Crippen molar-refractivity contribution in [2.45, 2.75) is 6.43 Å². The molecule has 1 N–H and O–H groups in total. The zero-order valence-electron chi connectivity index (χ0n) is 7.51. The van der Waals surface area contributed by atoms with Crippen molar-refractivity contribution in [2.24, 2.45) is 0 Å². The van der Waals surface area contributed by atoms with Crippen molar-refractivity contribution in [3.8, 4) is 0 Å². The number of alkyl halides is 2. The second-order valence-corrected chi connectivity index (χ2v) is 3.35. The normalized spacial score (nSPS) is 10.5. The molecule has 0 saturated heterocycles. The van der Waals surface area contributed by atoms with Gasteiger partial charge in [0.15, 0.2) is 0 Å². The number of hydrogen-bond acceptors (Lipinski definition) is 3. The summed E-state index contributed by atoms with van der Waals surface area (Å²) in [6.45, 7) is 0. The predicted octanol–water partition coefficient (Wildman–Crippen LogP) is 1.86. The number of esters is 1. The minimum atomic E-state index is -2.87. The van der Waals surface area contributed by atoms with Crippen LogP contribution in [0.1, 0.15) is 22.3 Å². The van der Waals surface area contributed by atoms with Gasteiger partial charge >= 0.3 is 5.97 Å². The lowest BCUT2D eigenvalue weighted by molar-refractivity contribution is 0.0587. The minimum absolute atomic E-state index is 0.257. The minimum Gasteiger partial charge on any atom is -0.465 e. The molecule has 0 atom stereocenters. The van der Waals surface area contributed by atoms with E-state index >= 15 is 0 Å². The highest BCUT2D eigenvalue weighted by atomic mass is 79.9. The number of methoxy groups -OCH3 is 1. The van der Waals surface area contributed by atoms with E-state index < -0.39 is 29.1 Å². The molecule has 0 radical (unpaired) electrons. The SMILES string of the molecule is COC(=O)c1c(C(F)F)c[nH]c(=O)c1Br. The summed E-state index contributed by atoms with van der Waals surface area (Å²) in [5.74, 6) is -0.983. The molecule has 0 unspecified atom stereocenters. The summed E-state index contributed by atoms with van der Waals surface area (Å²) < 4.78 is 29.0. The molecule has 1 rings (SSSR count). The number of halogens is 3. The van der Waals surface area contributed by atoms with Crippen LogP contribution in [0.4, 0.5) is 8.78 Å². The summed E-state index contributed by atoms with van der Waals surface area (Å²) in [5, 5.41) is 0. The third-order valence-electron chi connectivity index (χ3n) is 1.69. The summed E-state index contributed by atoms with van der Waals surface area (Å²) in [6.07, 6.45) is -2.07. The van der Waals surface area contributed by atoms with E-state index in [0.29, 0.717) is 0 Å². The van der Waals surface area contributed by atoms with Crippen LogP contribution in [0, 0.1) is 0 Å². The number of carbonyl (C=O) groups excluding carboxylic acids is 1. The highest BCUT2D eigenvalue weighted by Crippen LogP contribution is 2.26. The number of pyridine rings is 1. The van der Waals surface area contributed by atoms with Gasteiger partial charge in [-0.15, -0.1) is 0 Å². The Bertz CT molecular complexity index is 444. The molecule has 4 nitrogen and oxygen atoms in total. The molecule has 0 aliphatic rings. The number of rotatable bonds is 2. The van der Waals surface area contributed by atoms with Crippen LogP contribution in [0.15, 0.2) is 15.5 Å². The van der Waals surface area contributed by atoms with Gasteiger partial charge in [-0.1, -0.05) is 0 Å². The van der Waals surface area contributed by atoms with E-state index in [1.165, 1.54) is 0 Å². The van der Waals surface area contributed by atoms with E-state index in [0.717, 1.165) is 13.3 Å².